The molecule has 0 saturated heterocycles. The minimum Gasteiger partial charge on any atom is -0.496 e. The van der Waals surface area contributed by atoms with Gasteiger partial charge in [-0.15, -0.1) is 0 Å². The van der Waals surface area contributed by atoms with Gasteiger partial charge in [-0.3, -0.25) is 0 Å². The van der Waals surface area contributed by atoms with Crippen LogP contribution in [0.2, 0.25) is 0 Å². The van der Waals surface area contributed by atoms with Crippen LogP contribution in [0.5, 0.6) is 11.5 Å². The van der Waals surface area contributed by atoms with Crippen LogP contribution in [0.4, 0.5) is 8.78 Å². The molecule has 0 unspecified atom stereocenters. The Hall–Kier alpha value is -4.70. The van der Waals surface area contributed by atoms with Crippen molar-refractivity contribution < 1.29 is 18.3 Å². The number of rotatable bonds is 7. The predicted octanol–water partition coefficient (Wildman–Crippen LogP) is 9.59. The second-order valence-electron chi connectivity index (χ2n) is 9.80. The van der Waals surface area contributed by atoms with Crippen molar-refractivity contribution >= 4 is 34.1 Å². The molecule has 0 N–H and O–H groups in total. The second-order valence-corrected chi connectivity index (χ2v) is 9.80. The molecule has 0 aromatic heterocycles. The van der Waals surface area contributed by atoms with Gasteiger partial charge in [0.05, 0.1) is 14.2 Å². The van der Waals surface area contributed by atoms with Crippen LogP contribution in [0, 0.1) is 18.6 Å². The summed E-state index contributed by atoms with van der Waals surface area (Å²) >= 11 is 0. The van der Waals surface area contributed by atoms with Gasteiger partial charge in [0.1, 0.15) is 23.1 Å². The van der Waals surface area contributed by atoms with Crippen molar-refractivity contribution in [3.05, 3.63) is 142 Å². The van der Waals surface area contributed by atoms with E-state index >= 15 is 0 Å². The Morgan fingerprint density at radius 2 is 1.07 bits per heavy atom. The van der Waals surface area contributed by atoms with Gasteiger partial charge in [-0.25, -0.2) is 8.78 Å². The van der Waals surface area contributed by atoms with Crippen molar-refractivity contribution in [2.45, 2.75) is 13.8 Å². The molecule has 5 rings (SSSR count). The lowest BCUT2D eigenvalue weighted by molar-refractivity contribution is 0.401. The van der Waals surface area contributed by atoms with E-state index in [0.29, 0.717) is 11.5 Å². The standard InChI is InChI=1S/C36H30F2O2/c1-23-5-6-28-19-29(8-7-27(28)17-23)34(26-11-15-33(38)16-12-26)20-31-22-35(39-3)30(21-36(31)40-4)18-24(2)25-9-13-32(37)14-10-25/h5-22H,1-4H3/b24-18-,34-20+. The summed E-state index contributed by atoms with van der Waals surface area (Å²) in [4.78, 5) is 0. The normalized spacial score (nSPS) is 12.1. The number of ether oxygens (including phenoxy) is 2. The van der Waals surface area contributed by atoms with E-state index in [1.807, 2.05) is 31.2 Å². The van der Waals surface area contributed by atoms with E-state index in [1.165, 1.54) is 29.8 Å². The number of methoxy groups -OCH3 is 2. The van der Waals surface area contributed by atoms with Gasteiger partial charge in [0.25, 0.3) is 0 Å². The maximum Gasteiger partial charge on any atom is 0.126 e. The molecule has 200 valence electrons. The highest BCUT2D eigenvalue weighted by atomic mass is 19.1. The Balaban J connectivity index is 1.65. The van der Waals surface area contributed by atoms with Gasteiger partial charge in [0.2, 0.25) is 0 Å². The van der Waals surface area contributed by atoms with Gasteiger partial charge in [-0.1, -0.05) is 60.2 Å². The van der Waals surface area contributed by atoms with Crippen LogP contribution in [-0.4, -0.2) is 14.2 Å². The largest absolute Gasteiger partial charge is 0.496 e. The van der Waals surface area contributed by atoms with Crippen molar-refractivity contribution in [3.63, 3.8) is 0 Å². The van der Waals surface area contributed by atoms with E-state index in [2.05, 4.69) is 43.3 Å². The average Bonchev–Trinajstić information content (AvgIpc) is 2.96. The van der Waals surface area contributed by atoms with Gasteiger partial charge in [0, 0.05) is 11.1 Å². The molecule has 2 nitrogen and oxygen atoms in total. The van der Waals surface area contributed by atoms with Crippen LogP contribution in [0.25, 0.3) is 34.1 Å². The quantitative estimate of drug-likeness (QED) is 0.194. The first-order valence-corrected chi connectivity index (χ1v) is 13.0. The molecule has 5 aromatic rings. The molecule has 0 aliphatic carbocycles. The zero-order valence-electron chi connectivity index (χ0n) is 23.0. The molecule has 0 aliphatic rings. The molecular formula is C36H30F2O2. The zero-order chi connectivity index (χ0) is 28.2. The summed E-state index contributed by atoms with van der Waals surface area (Å²) in [5, 5.41) is 2.28. The van der Waals surface area contributed by atoms with E-state index in [-0.39, 0.29) is 11.6 Å². The Morgan fingerprint density at radius 3 is 1.68 bits per heavy atom. The van der Waals surface area contributed by atoms with E-state index in [4.69, 9.17) is 9.47 Å². The number of fused-ring (bicyclic) bond motifs is 1. The van der Waals surface area contributed by atoms with Crippen molar-refractivity contribution in [3.8, 4) is 11.5 Å². The molecule has 0 bridgehead atoms. The summed E-state index contributed by atoms with van der Waals surface area (Å²) in [6.45, 7) is 4.05. The van der Waals surface area contributed by atoms with Crippen molar-refractivity contribution in [2.75, 3.05) is 14.2 Å². The summed E-state index contributed by atoms with van der Waals surface area (Å²) in [5.74, 6) is 0.769. The summed E-state index contributed by atoms with van der Waals surface area (Å²) in [6, 6.07) is 29.5. The van der Waals surface area contributed by atoms with Gasteiger partial charge in [-0.05, 0) is 107 Å². The van der Waals surface area contributed by atoms with Crippen molar-refractivity contribution in [1.29, 1.82) is 0 Å². The fourth-order valence-corrected chi connectivity index (χ4v) is 4.85. The van der Waals surface area contributed by atoms with Crippen LogP contribution in [-0.2, 0) is 0 Å². The lowest BCUT2D eigenvalue weighted by Crippen LogP contribution is -1.95. The predicted molar refractivity (Wildman–Crippen MR) is 162 cm³/mol. The number of aryl methyl sites for hydroxylation is 1. The van der Waals surface area contributed by atoms with Crippen molar-refractivity contribution in [1.82, 2.24) is 0 Å². The molecule has 0 heterocycles. The Kier molecular flexibility index (Phi) is 7.79. The lowest BCUT2D eigenvalue weighted by Gasteiger charge is -2.15. The van der Waals surface area contributed by atoms with E-state index in [9.17, 15) is 8.78 Å². The number of hydrogen-bond donors (Lipinski definition) is 0. The van der Waals surface area contributed by atoms with Gasteiger partial charge < -0.3 is 9.47 Å². The highest BCUT2D eigenvalue weighted by Crippen LogP contribution is 2.36. The summed E-state index contributed by atoms with van der Waals surface area (Å²) in [5.41, 5.74) is 7.54. The highest BCUT2D eigenvalue weighted by molar-refractivity contribution is 5.96. The molecule has 0 fully saturated rings. The molecule has 5 aromatic carbocycles. The monoisotopic (exact) mass is 532 g/mol. The van der Waals surface area contributed by atoms with Crippen LogP contribution in [0.15, 0.2) is 97.1 Å². The minimum absolute atomic E-state index is 0.273. The molecule has 0 saturated carbocycles. The maximum absolute atomic E-state index is 13.9. The Bertz CT molecular complexity index is 1730. The zero-order valence-corrected chi connectivity index (χ0v) is 23.0. The smallest absolute Gasteiger partial charge is 0.126 e. The number of allylic oxidation sites excluding steroid dienone is 1. The van der Waals surface area contributed by atoms with Crippen LogP contribution >= 0.6 is 0 Å². The number of benzene rings is 5. The fourth-order valence-electron chi connectivity index (χ4n) is 4.85. The number of halogens is 2. The maximum atomic E-state index is 13.9. The van der Waals surface area contributed by atoms with Gasteiger partial charge >= 0.3 is 0 Å². The van der Waals surface area contributed by atoms with E-state index in [1.54, 1.807) is 38.5 Å². The molecule has 0 radical (unpaired) electrons. The summed E-state index contributed by atoms with van der Waals surface area (Å²) in [7, 11) is 3.27. The summed E-state index contributed by atoms with van der Waals surface area (Å²) < 4.78 is 38.9. The Labute approximate surface area is 233 Å². The Morgan fingerprint density at radius 1 is 0.575 bits per heavy atom. The molecule has 0 spiro atoms. The van der Waals surface area contributed by atoms with Crippen LogP contribution in [0.1, 0.15) is 40.3 Å². The second kappa shape index (κ2) is 11.6. The fraction of sp³-hybridized carbons (Fsp3) is 0.111. The average molecular weight is 533 g/mol. The van der Waals surface area contributed by atoms with Crippen molar-refractivity contribution in [2.24, 2.45) is 0 Å². The summed E-state index contributed by atoms with van der Waals surface area (Å²) in [6.07, 6.45) is 4.04. The van der Waals surface area contributed by atoms with E-state index in [0.717, 1.165) is 49.7 Å². The lowest BCUT2D eigenvalue weighted by atomic mass is 9.93. The first-order chi connectivity index (χ1) is 19.3. The van der Waals surface area contributed by atoms with Gasteiger partial charge in [0.15, 0.2) is 0 Å². The van der Waals surface area contributed by atoms with Gasteiger partial charge in [-0.2, -0.15) is 0 Å². The molecule has 4 heteroatoms. The third-order valence-corrected chi connectivity index (χ3v) is 7.02. The molecular weight excluding hydrogens is 502 g/mol. The topological polar surface area (TPSA) is 18.5 Å². The third-order valence-electron chi connectivity index (χ3n) is 7.02. The van der Waals surface area contributed by atoms with E-state index < -0.39 is 0 Å². The third kappa shape index (κ3) is 5.81. The number of hydrogen-bond acceptors (Lipinski definition) is 2. The first-order valence-electron chi connectivity index (χ1n) is 13.0. The highest BCUT2D eigenvalue weighted by Gasteiger charge is 2.13. The van der Waals surface area contributed by atoms with Crippen LogP contribution < -0.4 is 9.47 Å². The van der Waals surface area contributed by atoms with Crippen LogP contribution in [0.3, 0.4) is 0 Å². The SMILES string of the molecule is COc1cc(/C=C(\c2ccc(F)cc2)c2ccc3cc(C)ccc3c2)c(OC)cc1/C=C(/C)c1ccc(F)cc1. The molecule has 0 aliphatic heterocycles. The first kappa shape index (κ1) is 26.9. The minimum atomic E-state index is -0.288. The molecule has 0 atom stereocenters. The molecule has 0 amide bonds. The molecule has 40 heavy (non-hydrogen) atoms.